The highest BCUT2D eigenvalue weighted by Crippen LogP contribution is 2.20. The number of rotatable bonds is 5. The van der Waals surface area contributed by atoms with Crippen molar-refractivity contribution in [3.8, 4) is 0 Å². The highest BCUT2D eigenvalue weighted by atomic mass is 79.9. The summed E-state index contributed by atoms with van der Waals surface area (Å²) >= 11 is 6.34. The van der Waals surface area contributed by atoms with Crippen LogP contribution in [-0.2, 0) is 14.8 Å². The molecule has 2 aromatic carbocycles. The van der Waals surface area contributed by atoms with Crippen molar-refractivity contribution in [2.24, 2.45) is 0 Å². The van der Waals surface area contributed by atoms with Crippen LogP contribution in [0.2, 0.25) is 0 Å². The van der Waals surface area contributed by atoms with Gasteiger partial charge in [0.1, 0.15) is 5.82 Å². The first-order valence-corrected chi connectivity index (χ1v) is 9.69. The van der Waals surface area contributed by atoms with Crippen LogP contribution >= 0.6 is 31.9 Å². The van der Waals surface area contributed by atoms with E-state index in [9.17, 15) is 17.6 Å². The van der Waals surface area contributed by atoms with Crippen LogP contribution in [0.1, 0.15) is 0 Å². The molecule has 5 nitrogen and oxygen atoms in total. The van der Waals surface area contributed by atoms with Crippen molar-refractivity contribution in [3.05, 3.63) is 57.2 Å². The van der Waals surface area contributed by atoms with Gasteiger partial charge >= 0.3 is 0 Å². The second kappa shape index (κ2) is 7.73. The maximum absolute atomic E-state index is 13.7. The Morgan fingerprint density at radius 2 is 1.71 bits per heavy atom. The van der Waals surface area contributed by atoms with E-state index < -0.39 is 28.3 Å². The molecule has 0 spiro atoms. The lowest BCUT2D eigenvalue weighted by Gasteiger charge is -2.17. The molecule has 24 heavy (non-hydrogen) atoms. The van der Waals surface area contributed by atoms with E-state index in [0.29, 0.717) is 4.47 Å². The molecule has 128 valence electrons. The van der Waals surface area contributed by atoms with E-state index in [-0.39, 0.29) is 10.6 Å². The van der Waals surface area contributed by atoms with Crippen molar-refractivity contribution in [3.63, 3.8) is 0 Å². The molecular weight excluding hydrogens is 467 g/mol. The van der Waals surface area contributed by atoms with Gasteiger partial charge in [-0.05, 0) is 42.5 Å². The Bertz CT molecular complexity index is 858. The number of sulfonamides is 1. The van der Waals surface area contributed by atoms with Crippen molar-refractivity contribution in [2.75, 3.05) is 18.9 Å². The number of benzene rings is 2. The van der Waals surface area contributed by atoms with Crippen molar-refractivity contribution < 1.29 is 17.6 Å². The smallest absolute Gasteiger partial charge is 0.243 e. The highest BCUT2D eigenvalue weighted by molar-refractivity contribution is 9.10. The van der Waals surface area contributed by atoms with Crippen LogP contribution in [0.15, 0.2) is 56.3 Å². The predicted octanol–water partition coefficient (Wildman–Crippen LogP) is 3.61. The van der Waals surface area contributed by atoms with E-state index in [1.165, 1.54) is 31.3 Å². The third-order valence-electron chi connectivity index (χ3n) is 3.09. The SMILES string of the molecule is CN(CC(=O)Nc1ccc(Br)cc1F)S(=O)(=O)c1ccc(Br)cc1. The van der Waals surface area contributed by atoms with Gasteiger partial charge in [-0.3, -0.25) is 4.79 Å². The van der Waals surface area contributed by atoms with Gasteiger partial charge < -0.3 is 5.32 Å². The molecule has 0 radical (unpaired) electrons. The zero-order valence-corrected chi connectivity index (χ0v) is 16.5. The summed E-state index contributed by atoms with van der Waals surface area (Å²) in [6.07, 6.45) is 0. The minimum Gasteiger partial charge on any atom is -0.322 e. The lowest BCUT2D eigenvalue weighted by Crippen LogP contribution is -2.35. The largest absolute Gasteiger partial charge is 0.322 e. The van der Waals surface area contributed by atoms with Crippen LogP contribution in [0, 0.1) is 5.82 Å². The molecule has 0 bridgehead atoms. The summed E-state index contributed by atoms with van der Waals surface area (Å²) in [6.45, 7) is -0.437. The molecule has 0 aromatic heterocycles. The normalized spacial score (nSPS) is 11.5. The van der Waals surface area contributed by atoms with Gasteiger partial charge in [-0.2, -0.15) is 4.31 Å². The predicted molar refractivity (Wildman–Crippen MR) is 96.7 cm³/mol. The van der Waals surface area contributed by atoms with Gasteiger partial charge in [-0.1, -0.05) is 31.9 Å². The molecule has 0 aliphatic heterocycles. The molecule has 9 heteroatoms. The minimum absolute atomic E-state index is 0.0161. The first-order valence-electron chi connectivity index (χ1n) is 6.67. The van der Waals surface area contributed by atoms with Crippen LogP contribution in [0.4, 0.5) is 10.1 Å². The van der Waals surface area contributed by atoms with E-state index in [1.54, 1.807) is 18.2 Å². The molecule has 2 rings (SSSR count). The van der Waals surface area contributed by atoms with Crippen molar-refractivity contribution in [1.29, 1.82) is 0 Å². The number of nitrogens with zero attached hydrogens (tertiary/aromatic N) is 1. The zero-order chi connectivity index (χ0) is 17.9. The fraction of sp³-hybridized carbons (Fsp3) is 0.133. The Kier molecular flexibility index (Phi) is 6.13. The topological polar surface area (TPSA) is 66.5 Å². The standard InChI is InChI=1S/C15H13Br2FN2O3S/c1-20(24(22,23)12-5-2-10(16)3-6-12)9-15(21)19-14-7-4-11(17)8-13(14)18/h2-8H,9H2,1H3,(H,19,21). The third kappa shape index (κ3) is 4.62. The zero-order valence-electron chi connectivity index (χ0n) is 12.5. The van der Waals surface area contributed by atoms with E-state index >= 15 is 0 Å². The number of hydrogen-bond acceptors (Lipinski definition) is 3. The first kappa shape index (κ1) is 19.0. The van der Waals surface area contributed by atoms with Gasteiger partial charge in [0.05, 0.1) is 17.1 Å². The summed E-state index contributed by atoms with van der Waals surface area (Å²) < 4.78 is 40.7. The summed E-state index contributed by atoms with van der Waals surface area (Å²) in [7, 11) is -2.52. The maximum atomic E-state index is 13.7. The number of carbonyl (C=O) groups is 1. The Morgan fingerprint density at radius 1 is 1.12 bits per heavy atom. The van der Waals surface area contributed by atoms with Crippen LogP contribution in [0.5, 0.6) is 0 Å². The molecule has 1 amide bonds. The van der Waals surface area contributed by atoms with E-state index in [4.69, 9.17) is 0 Å². The van der Waals surface area contributed by atoms with Crippen LogP contribution in [0.25, 0.3) is 0 Å². The second-order valence-electron chi connectivity index (χ2n) is 4.89. The molecule has 0 heterocycles. The first-order chi connectivity index (χ1) is 11.2. The second-order valence-corrected chi connectivity index (χ2v) is 8.76. The molecule has 2 aromatic rings. The minimum atomic E-state index is -3.81. The summed E-state index contributed by atoms with van der Waals surface area (Å²) in [6, 6.07) is 10.2. The number of carbonyl (C=O) groups excluding carboxylic acids is 1. The number of likely N-dealkylation sites (N-methyl/N-ethyl adjacent to an activating group) is 1. The van der Waals surface area contributed by atoms with Crippen LogP contribution in [0.3, 0.4) is 0 Å². The maximum Gasteiger partial charge on any atom is 0.243 e. The van der Waals surface area contributed by atoms with Crippen LogP contribution in [-0.4, -0.2) is 32.2 Å². The monoisotopic (exact) mass is 478 g/mol. The average Bonchev–Trinajstić information content (AvgIpc) is 2.50. The van der Waals surface area contributed by atoms with Crippen molar-refractivity contribution >= 4 is 53.5 Å². The Labute approximate surface area is 156 Å². The Hall–Kier alpha value is -1.29. The number of amides is 1. The Morgan fingerprint density at radius 3 is 2.29 bits per heavy atom. The molecule has 0 fully saturated rings. The fourth-order valence-electron chi connectivity index (χ4n) is 1.85. The average molecular weight is 480 g/mol. The lowest BCUT2D eigenvalue weighted by molar-refractivity contribution is -0.116. The number of nitrogens with one attached hydrogen (secondary N) is 1. The van der Waals surface area contributed by atoms with Gasteiger partial charge in [-0.25, -0.2) is 12.8 Å². The van der Waals surface area contributed by atoms with Crippen LogP contribution < -0.4 is 5.32 Å². The number of hydrogen-bond donors (Lipinski definition) is 1. The lowest BCUT2D eigenvalue weighted by atomic mass is 10.3. The highest BCUT2D eigenvalue weighted by Gasteiger charge is 2.23. The third-order valence-corrected chi connectivity index (χ3v) is 5.93. The molecule has 0 unspecified atom stereocenters. The van der Waals surface area contributed by atoms with Crippen molar-refractivity contribution in [1.82, 2.24) is 4.31 Å². The van der Waals surface area contributed by atoms with Crippen molar-refractivity contribution in [2.45, 2.75) is 4.90 Å². The van der Waals surface area contributed by atoms with Gasteiger partial charge in [-0.15, -0.1) is 0 Å². The Balaban J connectivity index is 2.09. The quantitative estimate of drug-likeness (QED) is 0.712. The number of anilines is 1. The van der Waals surface area contributed by atoms with Gasteiger partial charge in [0.15, 0.2) is 0 Å². The summed E-state index contributed by atoms with van der Waals surface area (Å²) in [5.74, 6) is -1.25. The van der Waals surface area contributed by atoms with E-state index in [2.05, 4.69) is 37.2 Å². The molecule has 0 saturated carbocycles. The van der Waals surface area contributed by atoms with E-state index in [1.807, 2.05) is 0 Å². The van der Waals surface area contributed by atoms with Gasteiger partial charge in [0, 0.05) is 16.0 Å². The molecule has 0 atom stereocenters. The summed E-state index contributed by atoms with van der Waals surface area (Å²) in [5, 5.41) is 2.35. The summed E-state index contributed by atoms with van der Waals surface area (Å²) in [5.41, 5.74) is -0.0161. The number of halogens is 3. The molecule has 1 N–H and O–H groups in total. The molecule has 0 aliphatic carbocycles. The molecule has 0 saturated heterocycles. The van der Waals surface area contributed by atoms with E-state index in [0.717, 1.165) is 8.78 Å². The van der Waals surface area contributed by atoms with Gasteiger partial charge in [0.25, 0.3) is 0 Å². The van der Waals surface area contributed by atoms with Gasteiger partial charge in [0.2, 0.25) is 15.9 Å². The summed E-state index contributed by atoms with van der Waals surface area (Å²) in [4.78, 5) is 12.1. The fourth-order valence-corrected chi connectivity index (χ4v) is 3.58. The molecular formula is C15H13Br2FN2O3S. The molecule has 0 aliphatic rings.